The molecule has 3 aromatic heterocycles. The summed E-state index contributed by atoms with van der Waals surface area (Å²) in [6.45, 7) is 3.74. The summed E-state index contributed by atoms with van der Waals surface area (Å²) in [5, 5.41) is 14.8. The van der Waals surface area contributed by atoms with Crippen LogP contribution >= 0.6 is 34.0 Å². The van der Waals surface area contributed by atoms with Crippen LogP contribution in [-0.4, -0.2) is 132 Å². The lowest BCUT2D eigenvalue weighted by Crippen LogP contribution is -2.46. The number of nitrogens with zero attached hydrogens (tertiary/aromatic N) is 3. The second kappa shape index (κ2) is 23.1. The first-order chi connectivity index (χ1) is 31.3. The molecule has 65 heavy (non-hydrogen) atoms. The SMILES string of the molecule is CNC1C(=O)N(CC2CCCCCC2)CCc2ccsc21.CNC1C(=O)N(CC2CCCCS2(=O)=O)CCc2ccsc21.CNC1C(=O)N(CC2CCCCS2(=O)=O)CCc2ccsc21. The van der Waals surface area contributed by atoms with Crippen LogP contribution < -0.4 is 16.0 Å². The zero-order chi connectivity index (χ0) is 46.1. The lowest BCUT2D eigenvalue weighted by molar-refractivity contribution is -0.134. The van der Waals surface area contributed by atoms with Gasteiger partial charge in [0.2, 0.25) is 17.7 Å². The molecule has 3 aromatic rings. The van der Waals surface area contributed by atoms with Crippen molar-refractivity contribution in [1.82, 2.24) is 30.7 Å². The van der Waals surface area contributed by atoms with Crippen molar-refractivity contribution >= 4 is 71.4 Å². The van der Waals surface area contributed by atoms with Crippen molar-refractivity contribution in [1.29, 1.82) is 0 Å². The predicted molar refractivity (Wildman–Crippen MR) is 263 cm³/mol. The number of fused-ring (bicyclic) bond motifs is 3. The first kappa shape index (κ1) is 50.2. The van der Waals surface area contributed by atoms with Crippen molar-refractivity contribution in [2.75, 3.05) is 71.9 Å². The zero-order valence-electron chi connectivity index (χ0n) is 38.4. The van der Waals surface area contributed by atoms with E-state index >= 15 is 0 Å². The Labute approximate surface area is 399 Å². The van der Waals surface area contributed by atoms with E-state index < -0.39 is 19.7 Å². The first-order valence-electron chi connectivity index (χ1n) is 23.8. The van der Waals surface area contributed by atoms with E-state index in [9.17, 15) is 31.2 Å². The Morgan fingerprint density at radius 1 is 0.492 bits per heavy atom. The number of hydrogen-bond donors (Lipinski definition) is 3. The third-order valence-electron chi connectivity index (χ3n) is 14.4. The minimum Gasteiger partial charge on any atom is -0.340 e. The summed E-state index contributed by atoms with van der Waals surface area (Å²) in [6, 6.07) is 5.50. The van der Waals surface area contributed by atoms with Gasteiger partial charge in [0.05, 0.1) is 22.0 Å². The van der Waals surface area contributed by atoms with Crippen LogP contribution in [0.2, 0.25) is 0 Å². The number of carbonyl (C=O) groups is 3. The summed E-state index contributed by atoms with van der Waals surface area (Å²) < 4.78 is 48.9. The van der Waals surface area contributed by atoms with E-state index in [0.717, 1.165) is 67.8 Å². The Balaban J connectivity index is 0.000000145. The molecule has 8 heterocycles. The van der Waals surface area contributed by atoms with Crippen LogP contribution in [0.3, 0.4) is 0 Å². The molecule has 1 aliphatic carbocycles. The summed E-state index contributed by atoms with van der Waals surface area (Å²) in [4.78, 5) is 47.5. The zero-order valence-corrected chi connectivity index (χ0v) is 42.5. The van der Waals surface area contributed by atoms with Crippen molar-refractivity contribution < 1.29 is 31.2 Å². The maximum absolute atomic E-state index is 12.9. The van der Waals surface area contributed by atoms with Crippen LogP contribution in [-0.2, 0) is 53.3 Å². The van der Waals surface area contributed by atoms with Gasteiger partial charge in [0.25, 0.3) is 0 Å². The second-order valence-corrected chi connectivity index (χ2v) is 26.2. The number of thiophene rings is 3. The molecule has 3 amide bonds. The second-order valence-electron chi connectivity index (χ2n) is 18.5. The maximum Gasteiger partial charge on any atom is 0.245 e. The standard InChI is InChI=1S/C17H26N2OS.2C15H22N2O3S2/c1-18-15-16-14(9-11-21-16)8-10-19(17(15)20)12-13-6-4-2-3-5-7-13;2*1-16-13-14-11(6-8-21-14)5-7-17(15(13)18)10-12-4-2-3-9-22(12,19)20/h9,11,13,15,18H,2-8,10,12H2,1H3;2*6,8,12-13,16H,2-5,7,9-10H2,1H3. The predicted octanol–water partition coefficient (Wildman–Crippen LogP) is 6.08. The van der Waals surface area contributed by atoms with E-state index in [-0.39, 0.29) is 57.9 Å². The first-order valence-corrected chi connectivity index (χ1v) is 29.9. The molecule has 6 aliphatic rings. The molecule has 5 atom stereocenters. The quantitative estimate of drug-likeness (QED) is 0.214. The van der Waals surface area contributed by atoms with Crippen molar-refractivity contribution in [2.45, 2.75) is 125 Å². The van der Waals surface area contributed by atoms with Crippen LogP contribution in [0.4, 0.5) is 0 Å². The third-order valence-corrected chi connectivity index (χ3v) is 21.9. The summed E-state index contributed by atoms with van der Waals surface area (Å²) in [7, 11) is -0.623. The molecule has 5 aliphatic heterocycles. The molecule has 0 spiro atoms. The fraction of sp³-hybridized carbons (Fsp3) is 0.681. The fourth-order valence-electron chi connectivity index (χ4n) is 10.5. The molecule has 5 unspecified atom stereocenters. The minimum atomic E-state index is -3.05. The van der Waals surface area contributed by atoms with Crippen LogP contribution in [0, 0.1) is 5.92 Å². The molecule has 3 fully saturated rings. The molecule has 13 nitrogen and oxygen atoms in total. The number of sulfone groups is 2. The average Bonchev–Trinajstić information content (AvgIpc) is 3.97. The third kappa shape index (κ3) is 12.1. The highest BCUT2D eigenvalue weighted by molar-refractivity contribution is 7.92. The molecule has 3 N–H and O–H groups in total. The van der Waals surface area contributed by atoms with Crippen LogP contribution in [0.25, 0.3) is 0 Å². The molecular weight excluding hydrogens is 921 g/mol. The Bertz CT molecular complexity index is 2170. The maximum atomic E-state index is 12.9. The minimum absolute atomic E-state index is 0.00414. The summed E-state index contributed by atoms with van der Waals surface area (Å²) in [5.41, 5.74) is 3.76. The number of likely N-dealkylation sites (N-methyl/N-ethyl adjacent to an activating group) is 3. The lowest BCUT2D eigenvalue weighted by atomic mass is 9.99. The number of hydrogen-bond acceptors (Lipinski definition) is 13. The van der Waals surface area contributed by atoms with Gasteiger partial charge in [-0.25, -0.2) is 16.8 Å². The Hall–Kier alpha value is -2.71. The van der Waals surface area contributed by atoms with Crippen LogP contribution in [0.5, 0.6) is 0 Å². The molecule has 0 aromatic carbocycles. The largest absolute Gasteiger partial charge is 0.340 e. The van der Waals surface area contributed by atoms with E-state index in [0.29, 0.717) is 44.9 Å². The molecular formula is C47H70N6O7S5. The highest BCUT2D eigenvalue weighted by atomic mass is 32.2. The van der Waals surface area contributed by atoms with Gasteiger partial charge in [-0.15, -0.1) is 34.0 Å². The van der Waals surface area contributed by atoms with Gasteiger partial charge in [0, 0.05) is 53.9 Å². The van der Waals surface area contributed by atoms with Crippen molar-refractivity contribution in [3.05, 3.63) is 65.7 Å². The van der Waals surface area contributed by atoms with Gasteiger partial charge >= 0.3 is 0 Å². The van der Waals surface area contributed by atoms with Crippen molar-refractivity contribution in [3.63, 3.8) is 0 Å². The Morgan fingerprint density at radius 2 is 0.831 bits per heavy atom. The van der Waals surface area contributed by atoms with Gasteiger partial charge in [-0.2, -0.15) is 0 Å². The highest BCUT2D eigenvalue weighted by Crippen LogP contribution is 2.34. The van der Waals surface area contributed by atoms with Crippen LogP contribution in [0.1, 0.15) is 126 Å². The number of carbonyl (C=O) groups excluding carboxylic acids is 3. The van der Waals surface area contributed by atoms with E-state index in [1.165, 1.54) is 60.1 Å². The van der Waals surface area contributed by atoms with Crippen molar-refractivity contribution in [3.8, 4) is 0 Å². The van der Waals surface area contributed by atoms with E-state index in [1.54, 1.807) is 57.9 Å². The van der Waals surface area contributed by atoms with Gasteiger partial charge in [0.15, 0.2) is 19.7 Å². The fourth-order valence-corrected chi connectivity index (χ4v) is 17.4. The lowest BCUT2D eigenvalue weighted by Gasteiger charge is -2.30. The highest BCUT2D eigenvalue weighted by Gasteiger charge is 2.38. The van der Waals surface area contributed by atoms with Crippen LogP contribution in [0.15, 0.2) is 34.3 Å². The van der Waals surface area contributed by atoms with Gasteiger partial charge in [-0.3, -0.25) is 14.4 Å². The van der Waals surface area contributed by atoms with Crippen molar-refractivity contribution in [2.24, 2.45) is 5.92 Å². The molecule has 2 saturated heterocycles. The summed E-state index contributed by atoms with van der Waals surface area (Å²) >= 11 is 4.91. The van der Waals surface area contributed by atoms with Gasteiger partial charge in [-0.1, -0.05) is 38.5 Å². The summed E-state index contributed by atoms with van der Waals surface area (Å²) in [5.74, 6) is 1.53. The smallest absolute Gasteiger partial charge is 0.245 e. The number of rotatable bonds is 9. The Kier molecular flexibility index (Phi) is 17.8. The topological polar surface area (TPSA) is 165 Å². The van der Waals surface area contributed by atoms with E-state index in [4.69, 9.17) is 0 Å². The molecule has 18 heteroatoms. The monoisotopic (exact) mass is 990 g/mol. The van der Waals surface area contributed by atoms with Gasteiger partial charge in [-0.05, 0) is 136 Å². The van der Waals surface area contributed by atoms with Gasteiger partial charge < -0.3 is 30.7 Å². The summed E-state index contributed by atoms with van der Waals surface area (Å²) in [6.07, 6.45) is 15.4. The Morgan fingerprint density at radius 3 is 1.17 bits per heavy atom. The molecule has 0 bridgehead atoms. The molecule has 360 valence electrons. The molecule has 1 saturated carbocycles. The number of nitrogens with one attached hydrogen (secondary N) is 3. The van der Waals surface area contributed by atoms with Gasteiger partial charge in [0.1, 0.15) is 18.1 Å². The van der Waals surface area contributed by atoms with E-state index in [2.05, 4.69) is 44.4 Å². The molecule has 9 rings (SSSR count). The average molecular weight is 991 g/mol. The molecule has 0 radical (unpaired) electrons. The normalized spacial score (nSPS) is 27.0. The number of amides is 3. The van der Waals surface area contributed by atoms with E-state index in [1.807, 2.05) is 17.8 Å².